The van der Waals surface area contributed by atoms with Gasteiger partial charge in [-0.25, -0.2) is 15.0 Å². The van der Waals surface area contributed by atoms with Gasteiger partial charge in [-0.1, -0.05) is 164 Å². The molecule has 0 aliphatic rings. The Balaban J connectivity index is 1.01. The summed E-state index contributed by atoms with van der Waals surface area (Å²) < 4.78 is 2.33. The molecule has 2 aromatic heterocycles. The first-order valence-corrected chi connectivity index (χ1v) is 19.3. The summed E-state index contributed by atoms with van der Waals surface area (Å²) in [6, 6.07) is 72.9. The van der Waals surface area contributed by atoms with Gasteiger partial charge < -0.3 is 4.57 Å². The summed E-state index contributed by atoms with van der Waals surface area (Å²) in [5.74, 6) is 1.89. The molecule has 4 heteroatoms. The highest BCUT2D eigenvalue weighted by Crippen LogP contribution is 2.36. The van der Waals surface area contributed by atoms with Gasteiger partial charge in [0.1, 0.15) is 0 Å². The first kappa shape index (κ1) is 32.7. The Morgan fingerprint density at radius 2 is 0.807 bits per heavy atom. The molecule has 0 unspecified atom stereocenters. The number of benzene rings is 9. The third kappa shape index (κ3) is 5.83. The van der Waals surface area contributed by atoms with Crippen LogP contribution in [-0.2, 0) is 0 Å². The fourth-order valence-corrected chi connectivity index (χ4v) is 8.22. The zero-order valence-electron chi connectivity index (χ0n) is 30.9. The molecule has 0 aliphatic carbocycles. The van der Waals surface area contributed by atoms with Crippen LogP contribution in [0.3, 0.4) is 0 Å². The van der Waals surface area contributed by atoms with Gasteiger partial charge in [0.25, 0.3) is 0 Å². The summed E-state index contributed by atoms with van der Waals surface area (Å²) in [6.07, 6.45) is 0. The number of fused-ring (bicyclic) bond motifs is 5. The maximum atomic E-state index is 5.18. The van der Waals surface area contributed by atoms with Crippen LogP contribution < -0.4 is 0 Å². The van der Waals surface area contributed by atoms with Gasteiger partial charge in [-0.3, -0.25) is 0 Å². The number of nitrogens with zero attached hydrogens (tertiary/aromatic N) is 4. The highest BCUT2D eigenvalue weighted by atomic mass is 15.0. The zero-order chi connectivity index (χ0) is 37.7. The monoisotopic (exact) mass is 726 g/mol. The van der Waals surface area contributed by atoms with Gasteiger partial charge in [-0.15, -0.1) is 0 Å². The number of aromatic nitrogens is 4. The molecule has 0 radical (unpaired) electrons. The molecular weight excluding hydrogens is 693 g/mol. The van der Waals surface area contributed by atoms with Crippen molar-refractivity contribution in [3.63, 3.8) is 0 Å². The normalized spacial score (nSPS) is 11.5. The topological polar surface area (TPSA) is 43.6 Å². The molecule has 0 spiro atoms. The minimum absolute atomic E-state index is 0.628. The third-order valence-electron chi connectivity index (χ3n) is 11.0. The Morgan fingerprint density at radius 1 is 0.281 bits per heavy atom. The SMILES string of the molecule is c1ccc(-c2nc(-c3cccc(-c4ccc5cc(-c6cccc7ccccc67)ccc5c4)c3)nc(-c3ccc4c5ccccc5n(-c5ccccc5)c4c3)n2)cc1. The maximum Gasteiger partial charge on any atom is 0.164 e. The van der Waals surface area contributed by atoms with Crippen molar-refractivity contribution >= 4 is 43.4 Å². The summed E-state index contributed by atoms with van der Waals surface area (Å²) in [6.45, 7) is 0. The highest BCUT2D eigenvalue weighted by molar-refractivity contribution is 6.10. The van der Waals surface area contributed by atoms with Crippen molar-refractivity contribution in [2.75, 3.05) is 0 Å². The average Bonchev–Trinajstić information content (AvgIpc) is 3.62. The van der Waals surface area contributed by atoms with Crippen LogP contribution in [0.5, 0.6) is 0 Å². The summed E-state index contributed by atoms with van der Waals surface area (Å²) in [4.78, 5) is 15.3. The minimum atomic E-state index is 0.628. The lowest BCUT2D eigenvalue weighted by Crippen LogP contribution is -2.00. The van der Waals surface area contributed by atoms with Crippen LogP contribution in [0.25, 0.3) is 105 Å². The van der Waals surface area contributed by atoms with Gasteiger partial charge in [0.05, 0.1) is 11.0 Å². The fraction of sp³-hybridized carbons (Fsp3) is 0. The maximum absolute atomic E-state index is 5.18. The van der Waals surface area contributed by atoms with E-state index in [4.69, 9.17) is 15.0 Å². The molecular formula is C53H34N4. The van der Waals surface area contributed by atoms with Crippen LogP contribution in [0.1, 0.15) is 0 Å². The second-order valence-electron chi connectivity index (χ2n) is 14.5. The number of hydrogen-bond donors (Lipinski definition) is 0. The van der Waals surface area contributed by atoms with E-state index in [1.165, 1.54) is 43.4 Å². The first-order valence-electron chi connectivity index (χ1n) is 19.3. The lowest BCUT2D eigenvalue weighted by Gasteiger charge is -2.11. The predicted octanol–water partition coefficient (Wildman–Crippen LogP) is 13.6. The Hall–Kier alpha value is -7.69. The Kier molecular flexibility index (Phi) is 7.78. The Labute approximate surface area is 330 Å². The van der Waals surface area contributed by atoms with Crippen LogP contribution in [0.4, 0.5) is 0 Å². The second kappa shape index (κ2) is 13.6. The second-order valence-corrected chi connectivity index (χ2v) is 14.5. The van der Waals surface area contributed by atoms with Crippen molar-refractivity contribution < 1.29 is 0 Å². The van der Waals surface area contributed by atoms with E-state index in [9.17, 15) is 0 Å². The van der Waals surface area contributed by atoms with Crippen LogP contribution >= 0.6 is 0 Å². The quantitative estimate of drug-likeness (QED) is 0.171. The van der Waals surface area contributed by atoms with Gasteiger partial charge in [0.2, 0.25) is 0 Å². The van der Waals surface area contributed by atoms with Crippen LogP contribution in [0, 0.1) is 0 Å². The fourth-order valence-electron chi connectivity index (χ4n) is 8.22. The average molecular weight is 727 g/mol. The first-order chi connectivity index (χ1) is 28.2. The van der Waals surface area contributed by atoms with Gasteiger partial charge >= 0.3 is 0 Å². The number of rotatable bonds is 6. The van der Waals surface area contributed by atoms with Crippen molar-refractivity contribution in [1.82, 2.24) is 19.5 Å². The molecule has 0 bridgehead atoms. The molecule has 57 heavy (non-hydrogen) atoms. The van der Waals surface area contributed by atoms with Gasteiger partial charge in [-0.05, 0) is 86.3 Å². The van der Waals surface area contributed by atoms with Crippen molar-refractivity contribution in [3.8, 4) is 62.1 Å². The molecule has 4 nitrogen and oxygen atoms in total. The van der Waals surface area contributed by atoms with E-state index in [1.807, 2.05) is 18.2 Å². The molecule has 0 atom stereocenters. The standard InChI is InChI=1S/C53H34N4/c1-3-14-36(15-4-1)51-54-52(56-53(55-51)43-29-30-48-47-22-9-10-24-49(47)57(50(48)34-43)44-19-5-2-6-20-44)42-18-11-17-37(33-42)38-25-26-40-32-41(28-27-39(40)31-38)46-23-12-16-35-13-7-8-21-45(35)46/h1-34H. The van der Waals surface area contributed by atoms with Crippen LogP contribution in [0.2, 0.25) is 0 Å². The molecule has 9 aromatic carbocycles. The lowest BCUT2D eigenvalue weighted by atomic mass is 9.94. The lowest BCUT2D eigenvalue weighted by molar-refractivity contribution is 1.07. The van der Waals surface area contributed by atoms with E-state index in [0.29, 0.717) is 17.5 Å². The predicted molar refractivity (Wildman–Crippen MR) is 236 cm³/mol. The van der Waals surface area contributed by atoms with E-state index < -0.39 is 0 Å². The van der Waals surface area contributed by atoms with Gasteiger partial charge in [0, 0.05) is 33.2 Å². The molecule has 11 rings (SSSR count). The molecule has 11 aromatic rings. The zero-order valence-corrected chi connectivity index (χ0v) is 30.9. The van der Waals surface area contributed by atoms with Crippen molar-refractivity contribution in [3.05, 3.63) is 206 Å². The van der Waals surface area contributed by atoms with Crippen molar-refractivity contribution in [2.24, 2.45) is 0 Å². The van der Waals surface area contributed by atoms with E-state index >= 15 is 0 Å². The Bertz CT molecular complexity index is 3290. The molecule has 0 aliphatic heterocycles. The van der Waals surface area contributed by atoms with E-state index in [2.05, 4.69) is 193 Å². The van der Waals surface area contributed by atoms with E-state index in [-0.39, 0.29) is 0 Å². The van der Waals surface area contributed by atoms with Crippen LogP contribution in [0.15, 0.2) is 206 Å². The minimum Gasteiger partial charge on any atom is -0.309 e. The van der Waals surface area contributed by atoms with E-state index in [1.54, 1.807) is 0 Å². The summed E-state index contributed by atoms with van der Waals surface area (Å²) in [7, 11) is 0. The molecule has 0 amide bonds. The largest absolute Gasteiger partial charge is 0.309 e. The van der Waals surface area contributed by atoms with Gasteiger partial charge in [-0.2, -0.15) is 0 Å². The molecule has 0 N–H and O–H groups in total. The summed E-state index contributed by atoms with van der Waals surface area (Å²) in [5, 5.41) is 7.31. The third-order valence-corrected chi connectivity index (χ3v) is 11.0. The van der Waals surface area contributed by atoms with Crippen LogP contribution in [-0.4, -0.2) is 19.5 Å². The molecule has 2 heterocycles. The summed E-state index contributed by atoms with van der Waals surface area (Å²) in [5.41, 5.74) is 10.9. The molecule has 266 valence electrons. The smallest absolute Gasteiger partial charge is 0.164 e. The molecule has 0 fully saturated rings. The molecule has 0 saturated heterocycles. The number of para-hydroxylation sites is 2. The van der Waals surface area contributed by atoms with E-state index in [0.717, 1.165) is 44.5 Å². The van der Waals surface area contributed by atoms with Gasteiger partial charge in [0.15, 0.2) is 17.5 Å². The highest BCUT2D eigenvalue weighted by Gasteiger charge is 2.17. The van der Waals surface area contributed by atoms with Crippen molar-refractivity contribution in [1.29, 1.82) is 0 Å². The Morgan fingerprint density at radius 3 is 1.61 bits per heavy atom. The molecule has 0 saturated carbocycles. The summed E-state index contributed by atoms with van der Waals surface area (Å²) >= 11 is 0. The van der Waals surface area contributed by atoms with Crippen molar-refractivity contribution in [2.45, 2.75) is 0 Å². The number of hydrogen-bond acceptors (Lipinski definition) is 3.